The first-order chi connectivity index (χ1) is 15.9. The second-order valence-electron chi connectivity index (χ2n) is 9.21. The number of carbonyl (C=O) groups excluding carboxylic acids is 1. The van der Waals surface area contributed by atoms with Crippen molar-refractivity contribution in [2.45, 2.75) is 57.7 Å². The lowest BCUT2D eigenvalue weighted by atomic mass is 9.96. The molecule has 0 unspecified atom stereocenters. The van der Waals surface area contributed by atoms with Crippen LogP contribution in [0.3, 0.4) is 0 Å². The van der Waals surface area contributed by atoms with Crippen molar-refractivity contribution in [1.82, 2.24) is 9.97 Å². The van der Waals surface area contributed by atoms with E-state index < -0.39 is 0 Å². The van der Waals surface area contributed by atoms with E-state index in [1.165, 1.54) is 0 Å². The molecule has 0 spiro atoms. The normalized spacial score (nSPS) is 21.3. The number of halogens is 1. The predicted octanol–water partition coefficient (Wildman–Crippen LogP) is 4.49. The summed E-state index contributed by atoms with van der Waals surface area (Å²) in [5.41, 5.74) is 1.15. The second kappa shape index (κ2) is 10.7. The number of ketones is 1. The van der Waals surface area contributed by atoms with Crippen molar-refractivity contribution in [2.24, 2.45) is 0 Å². The van der Waals surface area contributed by atoms with Crippen molar-refractivity contribution in [2.75, 3.05) is 43.1 Å². The molecular weight excluding hydrogens is 440 g/mol. The average molecular weight is 473 g/mol. The summed E-state index contributed by atoms with van der Waals surface area (Å²) in [6, 6.07) is 8.08. The molecular formula is C25H33ClN4O3. The molecule has 0 saturated carbocycles. The van der Waals surface area contributed by atoms with Gasteiger partial charge in [-0.2, -0.15) is 4.98 Å². The van der Waals surface area contributed by atoms with Crippen molar-refractivity contribution in [1.29, 1.82) is 0 Å². The van der Waals surface area contributed by atoms with Gasteiger partial charge in [0.25, 0.3) is 0 Å². The standard InChI is InChI=1S/C25H33ClN4O3/c1-17(13-18(2)31)19-6-8-20(9-7-19)33-22-10-11-30(16-22)24-23(26)14-27-25(28-24)29(3)15-21-5-4-12-32-21/h6-9,14,17,21-22H,4-5,10-13,15-16H2,1-3H3/t17-,21+,22-/m1/s1. The summed E-state index contributed by atoms with van der Waals surface area (Å²) < 4.78 is 12.0. The molecule has 2 aromatic rings. The molecule has 0 aliphatic carbocycles. The number of hydrogen-bond acceptors (Lipinski definition) is 7. The lowest BCUT2D eigenvalue weighted by Crippen LogP contribution is -2.31. The molecule has 2 fully saturated rings. The topological polar surface area (TPSA) is 67.8 Å². The van der Waals surface area contributed by atoms with Crippen molar-refractivity contribution in [3.05, 3.63) is 41.0 Å². The molecule has 8 heteroatoms. The van der Waals surface area contributed by atoms with Crippen LogP contribution in [0.25, 0.3) is 0 Å². The van der Waals surface area contributed by atoms with Crippen molar-refractivity contribution in [3.8, 4) is 5.75 Å². The molecule has 0 bridgehead atoms. The van der Waals surface area contributed by atoms with Gasteiger partial charge in [0, 0.05) is 39.6 Å². The van der Waals surface area contributed by atoms with Crippen LogP contribution in [-0.4, -0.2) is 61.2 Å². The highest BCUT2D eigenvalue weighted by atomic mass is 35.5. The SMILES string of the molecule is CC(=O)C[C@@H](C)c1ccc(O[C@@H]2CCN(c3nc(N(C)C[C@@H]4CCCO4)ncc3Cl)C2)cc1. The van der Waals surface area contributed by atoms with Crippen LogP contribution < -0.4 is 14.5 Å². The molecule has 2 saturated heterocycles. The number of rotatable bonds is 9. The number of anilines is 2. The van der Waals surface area contributed by atoms with Crippen molar-refractivity contribution < 1.29 is 14.3 Å². The molecule has 7 nitrogen and oxygen atoms in total. The van der Waals surface area contributed by atoms with Gasteiger partial charge in [0.15, 0.2) is 5.82 Å². The summed E-state index contributed by atoms with van der Waals surface area (Å²) in [6.07, 6.45) is 5.61. The molecule has 1 aromatic heterocycles. The Balaban J connectivity index is 1.36. The molecule has 0 amide bonds. The summed E-state index contributed by atoms with van der Waals surface area (Å²) in [4.78, 5) is 24.8. The highest BCUT2D eigenvalue weighted by molar-refractivity contribution is 6.32. The van der Waals surface area contributed by atoms with Gasteiger partial charge >= 0.3 is 0 Å². The molecule has 1 aromatic carbocycles. The number of likely N-dealkylation sites (N-methyl/N-ethyl adjacent to an activating group) is 1. The zero-order valence-electron chi connectivity index (χ0n) is 19.7. The number of carbonyl (C=O) groups is 1. The molecule has 3 heterocycles. The van der Waals surface area contributed by atoms with Crippen LogP contribution >= 0.6 is 11.6 Å². The summed E-state index contributed by atoms with van der Waals surface area (Å²) in [6.45, 7) is 6.85. The first-order valence-corrected chi connectivity index (χ1v) is 12.1. The molecule has 2 aliphatic heterocycles. The fourth-order valence-electron chi connectivity index (χ4n) is 4.56. The van der Waals surface area contributed by atoms with E-state index in [0.29, 0.717) is 23.9 Å². The monoisotopic (exact) mass is 472 g/mol. The third-order valence-electron chi connectivity index (χ3n) is 6.35. The Labute approximate surface area is 201 Å². The van der Waals surface area contributed by atoms with Gasteiger partial charge in [-0.15, -0.1) is 0 Å². The largest absolute Gasteiger partial charge is 0.489 e. The maximum absolute atomic E-state index is 11.4. The third-order valence-corrected chi connectivity index (χ3v) is 6.61. The van der Waals surface area contributed by atoms with E-state index in [4.69, 9.17) is 26.1 Å². The Bertz CT molecular complexity index is 949. The first-order valence-electron chi connectivity index (χ1n) is 11.8. The Kier molecular flexibility index (Phi) is 7.71. The number of nitrogens with zero attached hydrogens (tertiary/aromatic N) is 4. The minimum Gasteiger partial charge on any atom is -0.489 e. The van der Waals surface area contributed by atoms with Gasteiger partial charge in [-0.3, -0.25) is 0 Å². The highest BCUT2D eigenvalue weighted by Crippen LogP contribution is 2.30. The zero-order chi connectivity index (χ0) is 23.4. The van der Waals surface area contributed by atoms with Gasteiger partial charge < -0.3 is 24.1 Å². The zero-order valence-corrected chi connectivity index (χ0v) is 20.4. The molecule has 0 radical (unpaired) electrons. The fraction of sp³-hybridized carbons (Fsp3) is 0.560. The van der Waals surface area contributed by atoms with Gasteiger partial charge in [0.05, 0.1) is 18.8 Å². The summed E-state index contributed by atoms with van der Waals surface area (Å²) >= 11 is 6.47. The fourth-order valence-corrected chi connectivity index (χ4v) is 4.77. The van der Waals surface area contributed by atoms with Gasteiger partial charge in [-0.25, -0.2) is 4.98 Å². The van der Waals surface area contributed by atoms with Crippen LogP contribution in [0.15, 0.2) is 30.5 Å². The molecule has 2 aliphatic rings. The van der Waals surface area contributed by atoms with E-state index >= 15 is 0 Å². The maximum Gasteiger partial charge on any atom is 0.227 e. The van der Waals surface area contributed by atoms with Gasteiger partial charge in [-0.1, -0.05) is 30.7 Å². The minimum atomic E-state index is 0.0598. The van der Waals surface area contributed by atoms with Crippen LogP contribution in [0.5, 0.6) is 5.75 Å². The number of hydrogen-bond donors (Lipinski definition) is 0. The Morgan fingerprint density at radius 2 is 2.12 bits per heavy atom. The quantitative estimate of drug-likeness (QED) is 0.532. The third kappa shape index (κ3) is 6.15. The molecule has 4 rings (SSSR count). The van der Waals surface area contributed by atoms with E-state index in [1.54, 1.807) is 13.1 Å². The van der Waals surface area contributed by atoms with Crippen LogP contribution in [0, 0.1) is 0 Å². The molecule has 0 N–H and O–H groups in total. The Morgan fingerprint density at radius 3 is 2.82 bits per heavy atom. The summed E-state index contributed by atoms with van der Waals surface area (Å²) in [7, 11) is 1.99. The highest BCUT2D eigenvalue weighted by Gasteiger charge is 2.28. The first kappa shape index (κ1) is 23.8. The van der Waals surface area contributed by atoms with Crippen molar-refractivity contribution in [3.63, 3.8) is 0 Å². The Hall–Kier alpha value is -2.38. The summed E-state index contributed by atoms with van der Waals surface area (Å²) in [5, 5.41) is 0.550. The van der Waals surface area contributed by atoms with E-state index in [-0.39, 0.29) is 23.9 Å². The lowest BCUT2D eigenvalue weighted by Gasteiger charge is -2.24. The Morgan fingerprint density at radius 1 is 1.33 bits per heavy atom. The van der Waals surface area contributed by atoms with Crippen LogP contribution in [0.2, 0.25) is 5.02 Å². The van der Waals surface area contributed by atoms with Crippen LogP contribution in [0.1, 0.15) is 51.0 Å². The van der Waals surface area contributed by atoms with E-state index in [2.05, 4.69) is 16.8 Å². The summed E-state index contributed by atoms with van der Waals surface area (Å²) in [5.74, 6) is 2.67. The lowest BCUT2D eigenvalue weighted by molar-refractivity contribution is -0.117. The van der Waals surface area contributed by atoms with E-state index in [0.717, 1.165) is 56.1 Å². The average Bonchev–Trinajstić information content (AvgIpc) is 3.46. The molecule has 33 heavy (non-hydrogen) atoms. The van der Waals surface area contributed by atoms with Gasteiger partial charge in [-0.05, 0) is 43.4 Å². The predicted molar refractivity (Wildman–Crippen MR) is 131 cm³/mol. The molecule has 178 valence electrons. The van der Waals surface area contributed by atoms with E-state index in [9.17, 15) is 4.79 Å². The number of Topliss-reactive ketones (excluding diaryl/α,β-unsaturated/α-hetero) is 1. The van der Waals surface area contributed by atoms with E-state index in [1.807, 2.05) is 36.2 Å². The van der Waals surface area contributed by atoms with Gasteiger partial charge in [0.1, 0.15) is 22.7 Å². The van der Waals surface area contributed by atoms with Crippen LogP contribution in [-0.2, 0) is 9.53 Å². The second-order valence-corrected chi connectivity index (χ2v) is 9.62. The van der Waals surface area contributed by atoms with Gasteiger partial charge in [0.2, 0.25) is 5.95 Å². The number of benzene rings is 1. The van der Waals surface area contributed by atoms with Crippen LogP contribution in [0.4, 0.5) is 11.8 Å². The smallest absolute Gasteiger partial charge is 0.227 e. The minimum absolute atomic E-state index is 0.0598. The number of aromatic nitrogens is 2. The maximum atomic E-state index is 11.4. The number of ether oxygens (including phenoxy) is 2. The molecule has 3 atom stereocenters. The van der Waals surface area contributed by atoms with Crippen molar-refractivity contribution >= 4 is 29.2 Å².